The van der Waals surface area contributed by atoms with Crippen molar-refractivity contribution in [1.29, 1.82) is 0 Å². The average Bonchev–Trinajstić information content (AvgIpc) is 2.73. The normalized spacial score (nSPS) is 11.8. The topological polar surface area (TPSA) is 48.4 Å². The van der Waals surface area contributed by atoms with Crippen LogP contribution in [0.5, 0.6) is 11.5 Å². The molecule has 0 amide bonds. The van der Waals surface area contributed by atoms with Crippen LogP contribution >= 0.6 is 0 Å². The number of nitrogens with zero attached hydrogens (tertiary/aromatic N) is 1. The van der Waals surface area contributed by atoms with Crippen LogP contribution in [0, 0.1) is 5.92 Å². The average molecular weight is 384 g/mol. The van der Waals surface area contributed by atoms with E-state index < -0.39 is 0 Å². The first kappa shape index (κ1) is 21.9. The van der Waals surface area contributed by atoms with Crippen molar-refractivity contribution in [3.63, 3.8) is 0 Å². The molecule has 0 aliphatic heterocycles. The van der Waals surface area contributed by atoms with Crippen LogP contribution in [0.3, 0.4) is 0 Å². The predicted octanol–water partition coefficient (Wildman–Crippen LogP) is 6.44. The molecule has 1 unspecified atom stereocenters. The molecule has 2 rings (SSSR count). The molecule has 0 aliphatic carbocycles. The molecule has 1 aromatic carbocycles. The summed E-state index contributed by atoms with van der Waals surface area (Å²) in [5.74, 6) is 1.74. The first-order chi connectivity index (χ1) is 13.6. The van der Waals surface area contributed by atoms with Crippen LogP contribution < -0.4 is 9.47 Å². The molecule has 4 heteroatoms. The molecule has 0 bridgehead atoms. The molecule has 0 aliphatic rings. The second kappa shape index (κ2) is 12.2. The Hall–Kier alpha value is -2.36. The number of esters is 1. The summed E-state index contributed by atoms with van der Waals surface area (Å²) in [7, 11) is 0. The quantitative estimate of drug-likeness (QED) is 0.240. The molecule has 0 N–H and O–H groups in total. The van der Waals surface area contributed by atoms with Crippen molar-refractivity contribution < 1.29 is 14.3 Å². The van der Waals surface area contributed by atoms with Crippen LogP contribution in [-0.4, -0.2) is 17.6 Å². The zero-order valence-electron chi connectivity index (χ0n) is 17.4. The van der Waals surface area contributed by atoms with Gasteiger partial charge in [0.1, 0.15) is 11.5 Å². The maximum Gasteiger partial charge on any atom is 0.311 e. The van der Waals surface area contributed by atoms with Gasteiger partial charge >= 0.3 is 5.97 Å². The highest BCUT2D eigenvalue weighted by Crippen LogP contribution is 2.23. The molecule has 28 heavy (non-hydrogen) atoms. The largest absolute Gasteiger partial charge is 0.492 e. The molecular formula is C24H33NO3. The number of rotatable bonds is 12. The number of carbonyl (C=O) groups is 1. The third kappa shape index (κ3) is 7.71. The van der Waals surface area contributed by atoms with Crippen LogP contribution in [0.15, 0.2) is 42.6 Å². The minimum absolute atomic E-state index is 0.174. The SMILES string of the molecule is CCCCCCOc1ccc(-c2ccc(OC(=O)CCC(C)CC)cc2)nc1. The Bertz CT molecular complexity index is 695. The van der Waals surface area contributed by atoms with Crippen LogP contribution in [0.1, 0.15) is 65.7 Å². The van der Waals surface area contributed by atoms with Gasteiger partial charge in [-0.1, -0.05) is 46.5 Å². The summed E-state index contributed by atoms with van der Waals surface area (Å²) in [6.45, 7) is 7.22. The van der Waals surface area contributed by atoms with E-state index in [9.17, 15) is 4.79 Å². The van der Waals surface area contributed by atoms with Gasteiger partial charge in [-0.15, -0.1) is 0 Å². The van der Waals surface area contributed by atoms with Gasteiger partial charge in [-0.25, -0.2) is 0 Å². The molecule has 0 spiro atoms. The molecule has 0 radical (unpaired) electrons. The van der Waals surface area contributed by atoms with E-state index in [-0.39, 0.29) is 5.97 Å². The lowest BCUT2D eigenvalue weighted by atomic mass is 10.0. The van der Waals surface area contributed by atoms with E-state index in [1.54, 1.807) is 6.20 Å². The maximum absolute atomic E-state index is 11.9. The highest BCUT2D eigenvalue weighted by atomic mass is 16.5. The Kier molecular flexibility index (Phi) is 9.53. The van der Waals surface area contributed by atoms with Gasteiger partial charge in [0.05, 0.1) is 18.5 Å². The number of pyridine rings is 1. The van der Waals surface area contributed by atoms with Crippen LogP contribution in [-0.2, 0) is 4.79 Å². The monoisotopic (exact) mass is 383 g/mol. The van der Waals surface area contributed by atoms with Crippen molar-refractivity contribution in [1.82, 2.24) is 4.98 Å². The second-order valence-corrected chi connectivity index (χ2v) is 7.34. The Morgan fingerprint density at radius 3 is 2.39 bits per heavy atom. The fourth-order valence-corrected chi connectivity index (χ4v) is 2.80. The smallest absolute Gasteiger partial charge is 0.311 e. The predicted molar refractivity (Wildman–Crippen MR) is 114 cm³/mol. The number of ether oxygens (including phenoxy) is 2. The number of unbranched alkanes of at least 4 members (excludes halogenated alkanes) is 3. The van der Waals surface area contributed by atoms with E-state index in [4.69, 9.17) is 9.47 Å². The molecule has 1 heterocycles. The minimum atomic E-state index is -0.174. The third-order valence-corrected chi connectivity index (χ3v) is 4.92. The zero-order valence-corrected chi connectivity index (χ0v) is 17.4. The van der Waals surface area contributed by atoms with Crippen LogP contribution in [0.25, 0.3) is 11.3 Å². The van der Waals surface area contributed by atoms with Gasteiger partial charge < -0.3 is 9.47 Å². The van der Waals surface area contributed by atoms with Gasteiger partial charge in [0.25, 0.3) is 0 Å². The number of hydrogen-bond acceptors (Lipinski definition) is 4. The lowest BCUT2D eigenvalue weighted by Gasteiger charge is -2.09. The summed E-state index contributed by atoms with van der Waals surface area (Å²) >= 11 is 0. The van der Waals surface area contributed by atoms with Crippen molar-refractivity contribution in [2.75, 3.05) is 6.61 Å². The number of aromatic nitrogens is 1. The molecule has 4 nitrogen and oxygen atoms in total. The van der Waals surface area contributed by atoms with E-state index in [0.29, 0.717) is 18.1 Å². The summed E-state index contributed by atoms with van der Waals surface area (Å²) in [5.41, 5.74) is 1.85. The van der Waals surface area contributed by atoms with E-state index in [1.165, 1.54) is 19.3 Å². The fourth-order valence-electron chi connectivity index (χ4n) is 2.80. The number of hydrogen-bond donors (Lipinski definition) is 0. The first-order valence-corrected chi connectivity index (χ1v) is 10.5. The summed E-state index contributed by atoms with van der Waals surface area (Å²) in [5, 5.41) is 0. The third-order valence-electron chi connectivity index (χ3n) is 4.92. The van der Waals surface area contributed by atoms with E-state index in [2.05, 4.69) is 25.8 Å². The van der Waals surface area contributed by atoms with Gasteiger partial charge in [-0.3, -0.25) is 9.78 Å². The van der Waals surface area contributed by atoms with E-state index >= 15 is 0 Å². The standard InChI is InChI=1S/C24H33NO3/c1-4-6-7-8-17-27-22-14-15-23(25-18-22)20-10-12-21(13-11-20)28-24(26)16-9-19(3)5-2/h10-15,18-19H,4-9,16-17H2,1-3H3. The van der Waals surface area contributed by atoms with E-state index in [0.717, 1.165) is 42.9 Å². The van der Waals surface area contributed by atoms with Crippen molar-refractivity contribution in [2.45, 2.75) is 65.7 Å². The minimum Gasteiger partial charge on any atom is -0.492 e. The number of carbonyl (C=O) groups excluding carboxylic acids is 1. The first-order valence-electron chi connectivity index (χ1n) is 10.5. The molecule has 0 fully saturated rings. The van der Waals surface area contributed by atoms with Crippen molar-refractivity contribution in [2.24, 2.45) is 5.92 Å². The van der Waals surface area contributed by atoms with Crippen LogP contribution in [0.4, 0.5) is 0 Å². The van der Waals surface area contributed by atoms with Gasteiger partial charge in [0.2, 0.25) is 0 Å². The lowest BCUT2D eigenvalue weighted by Crippen LogP contribution is -2.09. The van der Waals surface area contributed by atoms with Crippen molar-refractivity contribution >= 4 is 5.97 Å². The lowest BCUT2D eigenvalue weighted by molar-refractivity contribution is -0.134. The van der Waals surface area contributed by atoms with Gasteiger partial charge in [-0.05, 0) is 55.2 Å². The van der Waals surface area contributed by atoms with Gasteiger partial charge in [-0.2, -0.15) is 0 Å². The van der Waals surface area contributed by atoms with Crippen molar-refractivity contribution in [3.8, 4) is 22.8 Å². The molecule has 1 atom stereocenters. The van der Waals surface area contributed by atoms with Crippen molar-refractivity contribution in [3.05, 3.63) is 42.6 Å². The zero-order chi connectivity index (χ0) is 20.2. The second-order valence-electron chi connectivity index (χ2n) is 7.34. The number of benzene rings is 1. The molecule has 2 aromatic rings. The molecule has 152 valence electrons. The summed E-state index contributed by atoms with van der Waals surface area (Å²) in [6, 6.07) is 11.4. The molecule has 0 saturated carbocycles. The Morgan fingerprint density at radius 2 is 1.75 bits per heavy atom. The van der Waals surface area contributed by atoms with Gasteiger partial charge in [0.15, 0.2) is 0 Å². The highest BCUT2D eigenvalue weighted by molar-refractivity contribution is 5.72. The Morgan fingerprint density at radius 1 is 1.00 bits per heavy atom. The molecular weight excluding hydrogens is 350 g/mol. The Balaban J connectivity index is 1.83. The molecule has 1 aromatic heterocycles. The molecule has 0 saturated heterocycles. The van der Waals surface area contributed by atoms with Crippen LogP contribution in [0.2, 0.25) is 0 Å². The van der Waals surface area contributed by atoms with E-state index in [1.807, 2.05) is 36.4 Å². The highest BCUT2D eigenvalue weighted by Gasteiger charge is 2.08. The summed E-state index contributed by atoms with van der Waals surface area (Å²) in [6.07, 6.45) is 8.93. The Labute approximate surface area is 169 Å². The fraction of sp³-hybridized carbons (Fsp3) is 0.500. The van der Waals surface area contributed by atoms with Gasteiger partial charge in [0, 0.05) is 12.0 Å². The summed E-state index contributed by atoms with van der Waals surface area (Å²) in [4.78, 5) is 16.4. The maximum atomic E-state index is 11.9. The summed E-state index contributed by atoms with van der Waals surface area (Å²) < 4.78 is 11.1.